The highest BCUT2D eigenvalue weighted by Crippen LogP contribution is 2.25. The zero-order valence-corrected chi connectivity index (χ0v) is 13.9. The minimum atomic E-state index is -4.86. The summed E-state index contributed by atoms with van der Waals surface area (Å²) in [6, 6.07) is 3.34. The lowest BCUT2D eigenvalue weighted by atomic mass is 10.3. The van der Waals surface area contributed by atoms with Gasteiger partial charge in [-0.3, -0.25) is 14.4 Å². The van der Waals surface area contributed by atoms with Crippen LogP contribution in [0.1, 0.15) is 0 Å². The number of halogens is 3. The topological polar surface area (TPSA) is 96.0 Å². The zero-order chi connectivity index (χ0) is 19.0. The van der Waals surface area contributed by atoms with Crippen LogP contribution < -0.4 is 9.46 Å². The number of imide groups is 1. The molecule has 1 aromatic carbocycles. The van der Waals surface area contributed by atoms with Crippen molar-refractivity contribution in [3.63, 3.8) is 0 Å². The van der Waals surface area contributed by atoms with E-state index in [9.17, 15) is 31.2 Å². The molecule has 1 atom stereocenters. The molecule has 25 heavy (non-hydrogen) atoms. The summed E-state index contributed by atoms with van der Waals surface area (Å²) in [5.41, 5.74) is -0.0514. The quantitative estimate of drug-likeness (QED) is 0.846. The van der Waals surface area contributed by atoms with Crippen molar-refractivity contribution >= 4 is 27.6 Å². The van der Waals surface area contributed by atoms with E-state index in [-0.39, 0.29) is 12.2 Å². The largest absolute Gasteiger partial charge is 0.573 e. The summed E-state index contributed by atoms with van der Waals surface area (Å²) in [7, 11) is -1.72. The van der Waals surface area contributed by atoms with Crippen molar-refractivity contribution in [2.75, 3.05) is 25.4 Å². The molecule has 1 N–H and O–H groups in total. The maximum absolute atomic E-state index is 12.4. The van der Waals surface area contributed by atoms with Crippen LogP contribution in [0.2, 0.25) is 0 Å². The number of ether oxygens (including phenoxy) is 1. The summed E-state index contributed by atoms with van der Waals surface area (Å²) in [5.74, 6) is -1.41. The molecule has 1 fully saturated rings. The molecule has 1 unspecified atom stereocenters. The first-order valence-corrected chi connectivity index (χ1v) is 8.35. The molecule has 0 aromatic heterocycles. The molecule has 8 nitrogen and oxygen atoms in total. The summed E-state index contributed by atoms with van der Waals surface area (Å²) < 4.78 is 66.8. The van der Waals surface area contributed by atoms with Gasteiger partial charge in [0.1, 0.15) is 5.75 Å². The molecular formula is C13H14F3N3O5S. The summed E-state index contributed by atoms with van der Waals surface area (Å²) in [6.45, 7) is -0.341. The van der Waals surface area contributed by atoms with Crippen LogP contribution in [0.5, 0.6) is 5.75 Å². The smallest absolute Gasteiger partial charge is 0.406 e. The van der Waals surface area contributed by atoms with Crippen molar-refractivity contribution in [2.24, 2.45) is 0 Å². The first-order valence-electron chi connectivity index (χ1n) is 6.81. The second kappa shape index (κ2) is 6.43. The summed E-state index contributed by atoms with van der Waals surface area (Å²) in [4.78, 5) is 25.4. The van der Waals surface area contributed by atoms with Gasteiger partial charge in [0.05, 0.1) is 0 Å². The number of amides is 3. The minimum absolute atomic E-state index is 0.0514. The standard InChI is InChI=1S/C13H14F3N3O5S/c1-18-7-10(11(20)19(2)12(18)21)25(22,23)17-8-3-5-9(6-4-8)24-13(14,15)16/h3-6,10,17H,7H2,1-2H3. The number of benzene rings is 1. The Labute approximate surface area is 141 Å². The van der Waals surface area contributed by atoms with Crippen LogP contribution in [-0.4, -0.2) is 62.4 Å². The fraction of sp³-hybridized carbons (Fsp3) is 0.385. The van der Waals surface area contributed by atoms with E-state index in [2.05, 4.69) is 9.46 Å². The number of carbonyl (C=O) groups is 2. The van der Waals surface area contributed by atoms with Gasteiger partial charge in [-0.2, -0.15) is 0 Å². The molecule has 2 rings (SSSR count). The Morgan fingerprint density at radius 2 is 1.72 bits per heavy atom. The lowest BCUT2D eigenvalue weighted by Crippen LogP contribution is -2.59. The van der Waals surface area contributed by atoms with Gasteiger partial charge in [0.25, 0.3) is 5.91 Å². The number of alkyl halides is 3. The van der Waals surface area contributed by atoms with Crippen LogP contribution >= 0.6 is 0 Å². The van der Waals surface area contributed by atoms with E-state index < -0.39 is 39.3 Å². The van der Waals surface area contributed by atoms with Crippen LogP contribution in [0.4, 0.5) is 23.7 Å². The molecule has 0 aliphatic carbocycles. The minimum Gasteiger partial charge on any atom is -0.406 e. The highest BCUT2D eigenvalue weighted by atomic mass is 32.2. The number of anilines is 1. The van der Waals surface area contributed by atoms with Crippen molar-refractivity contribution in [1.82, 2.24) is 9.80 Å². The average Bonchev–Trinajstić information content (AvgIpc) is 2.49. The summed E-state index contributed by atoms with van der Waals surface area (Å²) in [5, 5.41) is -1.54. The molecule has 1 aromatic rings. The molecule has 1 aliphatic rings. The van der Waals surface area contributed by atoms with Gasteiger partial charge in [0.15, 0.2) is 5.25 Å². The van der Waals surface area contributed by atoms with Gasteiger partial charge in [-0.25, -0.2) is 13.2 Å². The average molecular weight is 381 g/mol. The monoisotopic (exact) mass is 381 g/mol. The van der Waals surface area contributed by atoms with Gasteiger partial charge in [0, 0.05) is 26.3 Å². The fourth-order valence-electron chi connectivity index (χ4n) is 2.16. The van der Waals surface area contributed by atoms with Gasteiger partial charge in [-0.1, -0.05) is 0 Å². The molecule has 0 bridgehead atoms. The number of nitrogens with zero attached hydrogens (tertiary/aromatic N) is 2. The van der Waals surface area contributed by atoms with Crippen LogP contribution in [0, 0.1) is 0 Å². The van der Waals surface area contributed by atoms with Gasteiger partial charge in [-0.05, 0) is 24.3 Å². The van der Waals surface area contributed by atoms with Crippen LogP contribution in [-0.2, 0) is 14.8 Å². The van der Waals surface area contributed by atoms with Crippen molar-refractivity contribution in [2.45, 2.75) is 11.6 Å². The third kappa shape index (κ3) is 4.32. The second-order valence-corrected chi connectivity index (χ2v) is 7.13. The lowest BCUT2D eigenvalue weighted by Gasteiger charge is -2.34. The molecular weight excluding hydrogens is 367 g/mol. The van der Waals surface area contributed by atoms with Crippen LogP contribution in [0.25, 0.3) is 0 Å². The second-order valence-electron chi connectivity index (χ2n) is 5.27. The third-order valence-electron chi connectivity index (χ3n) is 3.38. The Kier molecular flexibility index (Phi) is 4.84. The van der Waals surface area contributed by atoms with Crippen molar-refractivity contribution < 1.29 is 35.9 Å². The van der Waals surface area contributed by atoms with E-state index in [1.54, 1.807) is 0 Å². The molecule has 0 saturated carbocycles. The van der Waals surface area contributed by atoms with Gasteiger partial charge < -0.3 is 9.64 Å². The number of carbonyl (C=O) groups excluding carboxylic acids is 2. The van der Waals surface area contributed by atoms with E-state index in [1.165, 1.54) is 7.05 Å². The zero-order valence-electron chi connectivity index (χ0n) is 13.1. The van der Waals surface area contributed by atoms with E-state index in [1.807, 2.05) is 0 Å². The summed E-state index contributed by atoms with van der Waals surface area (Å²) >= 11 is 0. The fourth-order valence-corrected chi connectivity index (χ4v) is 3.61. The van der Waals surface area contributed by atoms with Gasteiger partial charge in [0.2, 0.25) is 10.0 Å². The molecule has 12 heteroatoms. The number of hydrogen-bond acceptors (Lipinski definition) is 5. The lowest BCUT2D eigenvalue weighted by molar-refractivity contribution is -0.274. The molecule has 0 radical (unpaired) electrons. The molecule has 1 heterocycles. The summed E-state index contributed by atoms with van der Waals surface area (Å²) in [6.07, 6.45) is -4.86. The Balaban J connectivity index is 2.16. The Bertz CT molecular complexity index is 779. The maximum Gasteiger partial charge on any atom is 0.573 e. The normalized spacial score (nSPS) is 19.2. The predicted octanol–water partition coefficient (Wildman–Crippen LogP) is 1.22. The van der Waals surface area contributed by atoms with Gasteiger partial charge in [-0.15, -0.1) is 13.2 Å². The van der Waals surface area contributed by atoms with E-state index >= 15 is 0 Å². The van der Waals surface area contributed by atoms with E-state index in [0.717, 1.165) is 36.2 Å². The van der Waals surface area contributed by atoms with Crippen LogP contribution in [0.3, 0.4) is 0 Å². The van der Waals surface area contributed by atoms with Crippen LogP contribution in [0.15, 0.2) is 24.3 Å². The predicted molar refractivity (Wildman–Crippen MR) is 80.3 cm³/mol. The third-order valence-corrected chi connectivity index (χ3v) is 5.00. The molecule has 1 saturated heterocycles. The highest BCUT2D eigenvalue weighted by molar-refractivity contribution is 7.94. The Hall–Kier alpha value is -2.50. The molecule has 138 valence electrons. The molecule has 0 spiro atoms. The van der Waals surface area contributed by atoms with E-state index in [0.29, 0.717) is 4.90 Å². The first kappa shape index (κ1) is 18.8. The molecule has 3 amide bonds. The highest BCUT2D eigenvalue weighted by Gasteiger charge is 2.43. The Morgan fingerprint density at radius 3 is 2.24 bits per heavy atom. The number of rotatable bonds is 4. The SMILES string of the molecule is CN1CC(S(=O)(=O)Nc2ccc(OC(F)(F)F)cc2)C(=O)N(C)C1=O. The van der Waals surface area contributed by atoms with Gasteiger partial charge >= 0.3 is 12.4 Å². The maximum atomic E-state index is 12.4. The number of nitrogens with one attached hydrogen (secondary N) is 1. The van der Waals surface area contributed by atoms with Crippen molar-refractivity contribution in [3.8, 4) is 5.75 Å². The Morgan fingerprint density at radius 1 is 1.16 bits per heavy atom. The number of hydrogen-bond donors (Lipinski definition) is 1. The first-order chi connectivity index (χ1) is 11.4. The van der Waals surface area contributed by atoms with Crippen molar-refractivity contribution in [3.05, 3.63) is 24.3 Å². The van der Waals surface area contributed by atoms with E-state index in [4.69, 9.17) is 0 Å². The number of sulfonamides is 1. The molecule has 1 aliphatic heterocycles. The van der Waals surface area contributed by atoms with Crippen molar-refractivity contribution in [1.29, 1.82) is 0 Å². The number of urea groups is 1.